The smallest absolute Gasteiger partial charge is 0.0106 e. The highest BCUT2D eigenvalue weighted by Crippen LogP contribution is 2.37. The molecule has 0 spiro atoms. The molecule has 1 aromatic rings. The van der Waals surface area contributed by atoms with Crippen LogP contribution in [0.15, 0.2) is 18.5 Å². The maximum atomic E-state index is 2.31. The molecule has 13 heavy (non-hydrogen) atoms. The summed E-state index contributed by atoms with van der Waals surface area (Å²) in [5.41, 5.74) is 1.52. The van der Waals surface area contributed by atoms with Crippen LogP contribution in [-0.2, 0) is 13.5 Å². The summed E-state index contributed by atoms with van der Waals surface area (Å²) >= 11 is 0. The maximum Gasteiger partial charge on any atom is 0.0106 e. The lowest BCUT2D eigenvalue weighted by Gasteiger charge is -2.34. The molecule has 0 aliphatic heterocycles. The van der Waals surface area contributed by atoms with Crippen molar-refractivity contribution in [3.63, 3.8) is 0 Å². The molecule has 2 rings (SSSR count). The van der Waals surface area contributed by atoms with Gasteiger partial charge in [-0.05, 0) is 42.7 Å². The third-order valence-electron chi connectivity index (χ3n) is 3.33. The van der Waals surface area contributed by atoms with Crippen LogP contribution in [0.3, 0.4) is 0 Å². The van der Waals surface area contributed by atoms with Gasteiger partial charge in [-0.2, -0.15) is 0 Å². The molecule has 1 heteroatoms. The van der Waals surface area contributed by atoms with Crippen LogP contribution in [0.5, 0.6) is 0 Å². The average molecular weight is 177 g/mol. The molecule has 0 amide bonds. The molecule has 0 radical (unpaired) electrons. The molecule has 1 aromatic heterocycles. The first-order chi connectivity index (χ1) is 6.28. The van der Waals surface area contributed by atoms with E-state index in [9.17, 15) is 0 Å². The molecule has 72 valence electrons. The topological polar surface area (TPSA) is 4.93 Å². The number of aromatic nitrogens is 1. The molecule has 1 aliphatic rings. The zero-order valence-corrected chi connectivity index (χ0v) is 8.66. The normalized spacial score (nSPS) is 27.2. The second kappa shape index (κ2) is 3.57. The SMILES string of the molecule is CCC1CC(Cc2ccn(C)c2)C1. The van der Waals surface area contributed by atoms with Crippen LogP contribution in [0.1, 0.15) is 31.7 Å². The Morgan fingerprint density at radius 3 is 2.69 bits per heavy atom. The highest BCUT2D eigenvalue weighted by Gasteiger charge is 2.27. The predicted octanol–water partition coefficient (Wildman–Crippen LogP) is 3.00. The Morgan fingerprint density at radius 2 is 2.15 bits per heavy atom. The third-order valence-corrected chi connectivity index (χ3v) is 3.33. The van der Waals surface area contributed by atoms with Gasteiger partial charge in [0.1, 0.15) is 0 Å². The Kier molecular flexibility index (Phi) is 2.43. The molecule has 1 heterocycles. The molecular formula is C12H19N. The van der Waals surface area contributed by atoms with E-state index in [1.54, 1.807) is 0 Å². The molecule has 0 bridgehead atoms. The van der Waals surface area contributed by atoms with Gasteiger partial charge in [0.05, 0.1) is 0 Å². The predicted molar refractivity (Wildman–Crippen MR) is 55.6 cm³/mol. The molecule has 1 fully saturated rings. The van der Waals surface area contributed by atoms with Gasteiger partial charge in [-0.3, -0.25) is 0 Å². The van der Waals surface area contributed by atoms with Crippen LogP contribution in [0.4, 0.5) is 0 Å². The monoisotopic (exact) mass is 177 g/mol. The van der Waals surface area contributed by atoms with Gasteiger partial charge in [0.15, 0.2) is 0 Å². The fourth-order valence-electron chi connectivity index (χ4n) is 2.39. The molecule has 0 unspecified atom stereocenters. The summed E-state index contributed by atoms with van der Waals surface area (Å²) in [6.07, 6.45) is 10.0. The molecule has 0 aromatic carbocycles. The summed E-state index contributed by atoms with van der Waals surface area (Å²) in [7, 11) is 2.10. The Morgan fingerprint density at radius 1 is 1.38 bits per heavy atom. The van der Waals surface area contributed by atoms with Crippen LogP contribution in [0.25, 0.3) is 0 Å². The fourth-order valence-corrected chi connectivity index (χ4v) is 2.39. The van der Waals surface area contributed by atoms with Crippen molar-refractivity contribution < 1.29 is 0 Å². The molecule has 0 N–H and O–H groups in total. The van der Waals surface area contributed by atoms with Crippen molar-refractivity contribution >= 4 is 0 Å². The van der Waals surface area contributed by atoms with Crippen LogP contribution in [0.2, 0.25) is 0 Å². The molecular weight excluding hydrogens is 158 g/mol. The molecule has 0 atom stereocenters. The van der Waals surface area contributed by atoms with Gasteiger partial charge in [0, 0.05) is 19.4 Å². The first kappa shape index (κ1) is 8.86. The number of rotatable bonds is 3. The Labute approximate surface area is 80.8 Å². The first-order valence-electron chi connectivity index (χ1n) is 5.38. The van der Waals surface area contributed by atoms with E-state index in [0.29, 0.717) is 0 Å². The summed E-state index contributed by atoms with van der Waals surface area (Å²) in [5, 5.41) is 0. The third kappa shape index (κ3) is 1.96. The van der Waals surface area contributed by atoms with Gasteiger partial charge < -0.3 is 4.57 Å². The lowest BCUT2D eigenvalue weighted by atomic mass is 9.71. The van der Waals surface area contributed by atoms with Crippen LogP contribution in [-0.4, -0.2) is 4.57 Å². The summed E-state index contributed by atoms with van der Waals surface area (Å²) in [6, 6.07) is 2.25. The van der Waals surface area contributed by atoms with Crippen LogP contribution in [0, 0.1) is 11.8 Å². The van der Waals surface area contributed by atoms with Gasteiger partial charge in [-0.25, -0.2) is 0 Å². The highest BCUT2D eigenvalue weighted by atomic mass is 14.9. The van der Waals surface area contributed by atoms with Gasteiger partial charge in [0.2, 0.25) is 0 Å². The molecule has 1 nitrogen and oxygen atoms in total. The van der Waals surface area contributed by atoms with Crippen LogP contribution < -0.4 is 0 Å². The van der Waals surface area contributed by atoms with Crippen molar-refractivity contribution in [1.29, 1.82) is 0 Å². The quantitative estimate of drug-likeness (QED) is 0.669. The van der Waals surface area contributed by atoms with E-state index < -0.39 is 0 Å². The summed E-state index contributed by atoms with van der Waals surface area (Å²) < 4.78 is 2.14. The fraction of sp³-hybridized carbons (Fsp3) is 0.667. The number of hydrogen-bond acceptors (Lipinski definition) is 0. The Balaban J connectivity index is 1.81. The second-order valence-corrected chi connectivity index (χ2v) is 4.50. The van der Waals surface area contributed by atoms with Crippen molar-refractivity contribution in [3.05, 3.63) is 24.0 Å². The molecule has 1 aliphatic carbocycles. The first-order valence-corrected chi connectivity index (χ1v) is 5.38. The lowest BCUT2D eigenvalue weighted by Crippen LogP contribution is -2.24. The van der Waals surface area contributed by atoms with E-state index in [1.807, 2.05) is 0 Å². The summed E-state index contributed by atoms with van der Waals surface area (Å²) in [5.74, 6) is 2.01. The van der Waals surface area contributed by atoms with Gasteiger partial charge in [-0.1, -0.05) is 13.3 Å². The largest absolute Gasteiger partial charge is 0.357 e. The second-order valence-electron chi connectivity index (χ2n) is 4.50. The standard InChI is InChI=1S/C12H19N/c1-3-10-6-12(7-10)8-11-4-5-13(2)9-11/h4-5,9-10,12H,3,6-8H2,1-2H3. The zero-order chi connectivity index (χ0) is 9.26. The van der Waals surface area contributed by atoms with Crippen molar-refractivity contribution in [2.24, 2.45) is 18.9 Å². The highest BCUT2D eigenvalue weighted by molar-refractivity contribution is 5.11. The summed E-state index contributed by atoms with van der Waals surface area (Å²) in [4.78, 5) is 0. The Bertz CT molecular complexity index is 268. The minimum Gasteiger partial charge on any atom is -0.357 e. The van der Waals surface area contributed by atoms with Gasteiger partial charge in [0.25, 0.3) is 0 Å². The zero-order valence-electron chi connectivity index (χ0n) is 8.66. The minimum atomic E-state index is 0.979. The van der Waals surface area contributed by atoms with E-state index in [-0.39, 0.29) is 0 Å². The van der Waals surface area contributed by atoms with Crippen molar-refractivity contribution in [3.8, 4) is 0 Å². The van der Waals surface area contributed by atoms with Gasteiger partial charge >= 0.3 is 0 Å². The van der Waals surface area contributed by atoms with Crippen molar-refractivity contribution in [2.75, 3.05) is 0 Å². The lowest BCUT2D eigenvalue weighted by molar-refractivity contribution is 0.187. The van der Waals surface area contributed by atoms with E-state index in [4.69, 9.17) is 0 Å². The number of hydrogen-bond donors (Lipinski definition) is 0. The Hall–Kier alpha value is -0.720. The number of nitrogens with zero attached hydrogens (tertiary/aromatic N) is 1. The minimum absolute atomic E-state index is 0.979. The molecule has 1 saturated carbocycles. The van der Waals surface area contributed by atoms with Crippen LogP contribution >= 0.6 is 0 Å². The maximum absolute atomic E-state index is 2.31. The average Bonchev–Trinajstić information content (AvgIpc) is 2.43. The van der Waals surface area contributed by atoms with Crippen molar-refractivity contribution in [1.82, 2.24) is 4.57 Å². The van der Waals surface area contributed by atoms with E-state index in [1.165, 1.54) is 31.2 Å². The van der Waals surface area contributed by atoms with Gasteiger partial charge in [-0.15, -0.1) is 0 Å². The van der Waals surface area contributed by atoms with E-state index >= 15 is 0 Å². The van der Waals surface area contributed by atoms with E-state index in [2.05, 4.69) is 37.0 Å². The number of aryl methyl sites for hydroxylation is 1. The summed E-state index contributed by atoms with van der Waals surface area (Å²) in [6.45, 7) is 2.31. The van der Waals surface area contributed by atoms with E-state index in [0.717, 1.165) is 11.8 Å². The molecule has 0 saturated heterocycles. The van der Waals surface area contributed by atoms with Crippen molar-refractivity contribution in [2.45, 2.75) is 32.6 Å².